The van der Waals surface area contributed by atoms with Crippen LogP contribution in [-0.2, 0) is 36.0 Å². The molecule has 3 unspecified atom stereocenters. The molecule has 102 heavy (non-hydrogen) atoms. The van der Waals surface area contributed by atoms with Crippen molar-refractivity contribution in [1.82, 2.24) is 30.2 Å². The summed E-state index contributed by atoms with van der Waals surface area (Å²) < 4.78 is 23.3. The van der Waals surface area contributed by atoms with Crippen molar-refractivity contribution in [3.05, 3.63) is 238 Å². The molecule has 2 N–H and O–H groups in total. The Morgan fingerprint density at radius 3 is 1.22 bits per heavy atom. The van der Waals surface area contributed by atoms with Crippen LogP contribution in [0, 0.1) is 85.7 Å². The SMILES string of the molecule is Cc1cc(C)cc(Sc2ccc(C#N)cc2CN2CCS(=O)(=O)CC2)c1.Cc1cc(C)cc(Sc2ccc([N+](=O)[O-])cc2CN2CCSCC2)c1.Cc1cc(Cl)cc(Sc2ccc(C#N)cc2CN2CC(C)NC(C)C2)c1.Cc1cc(Cl)cc(Sc2ccc(C#N)cc2CN2CCNC(C)C2)c1. The van der Waals surface area contributed by atoms with Gasteiger partial charge in [0, 0.05) is 176 Å². The fraction of sp³-hybridized carbons (Fsp3) is 0.362. The number of benzene rings is 8. The number of hydrogen-bond acceptors (Lipinski definition) is 18. The van der Waals surface area contributed by atoms with E-state index in [0.29, 0.717) is 54.5 Å². The van der Waals surface area contributed by atoms with E-state index in [4.69, 9.17) is 23.2 Å². The van der Waals surface area contributed by atoms with Crippen LogP contribution in [0.15, 0.2) is 185 Å². The number of nitrogens with one attached hydrogen (secondary N) is 2. The summed E-state index contributed by atoms with van der Waals surface area (Å²) >= 11 is 21.2. The Kier molecular flexibility index (Phi) is 30.2. The van der Waals surface area contributed by atoms with Crippen molar-refractivity contribution < 1.29 is 13.3 Å². The minimum atomic E-state index is -2.89. The van der Waals surface area contributed by atoms with Gasteiger partial charge in [-0.15, -0.1) is 0 Å². The second kappa shape index (κ2) is 38.6. The summed E-state index contributed by atoms with van der Waals surface area (Å²) in [5, 5.41) is 47.6. The highest BCUT2D eigenvalue weighted by Gasteiger charge is 2.25. The number of rotatable bonds is 17. The predicted octanol–water partition coefficient (Wildman–Crippen LogP) is 17.8. The normalized spacial score (nSPS) is 17.8. The monoisotopic (exact) mass is 1520 g/mol. The molecule has 0 aromatic heterocycles. The van der Waals surface area contributed by atoms with Crippen molar-refractivity contribution >= 4 is 97.5 Å². The largest absolute Gasteiger partial charge is 0.312 e. The third kappa shape index (κ3) is 25.5. The number of nitriles is 3. The van der Waals surface area contributed by atoms with Crippen LogP contribution in [0.3, 0.4) is 0 Å². The number of halogens is 2. The Morgan fingerprint density at radius 2 is 0.824 bits per heavy atom. The van der Waals surface area contributed by atoms with E-state index in [2.05, 4.69) is 171 Å². The van der Waals surface area contributed by atoms with Crippen LogP contribution in [0.5, 0.6) is 0 Å². The number of nitrogens with zero attached hydrogens (tertiary/aromatic N) is 8. The maximum atomic E-state index is 11.6. The number of thioether (sulfide) groups is 1. The minimum absolute atomic E-state index is 0.172. The molecule has 14 nitrogen and oxygen atoms in total. The highest BCUT2D eigenvalue weighted by Crippen LogP contribution is 2.39. The Morgan fingerprint density at radius 1 is 0.471 bits per heavy atom. The van der Waals surface area contributed by atoms with Crippen molar-refractivity contribution in [3.63, 3.8) is 0 Å². The van der Waals surface area contributed by atoms with Gasteiger partial charge in [-0.2, -0.15) is 27.5 Å². The Bertz CT molecular complexity index is 4390. The van der Waals surface area contributed by atoms with Gasteiger partial charge in [0.25, 0.3) is 5.69 Å². The molecule has 0 saturated carbocycles. The summed E-state index contributed by atoms with van der Waals surface area (Å²) in [4.78, 5) is 29.5. The van der Waals surface area contributed by atoms with Crippen LogP contribution < -0.4 is 10.6 Å². The summed E-state index contributed by atoms with van der Waals surface area (Å²) in [6.07, 6.45) is 0. The first-order valence-corrected chi connectivity index (χ1v) is 41.3. The standard InChI is InChI=1S/C21H24ClN3S.C20H22ClN3S.C20H22N2O2S2.C19H22N2O2S2/c1-14-6-19(22)9-20(7-14)26-21-5-4-17(10-23)8-18(21)13-25-11-15(2)24-16(3)12-25;1-14-7-18(21)10-19(8-14)25-20-4-3-16(11-22)9-17(20)13-24-6-5-23-15(2)12-24;1-15-9-16(2)11-19(10-15)25-20-4-3-17(13-21)12-18(20)14-22-5-7-26(23,24)8-6-22;1-14-9-15(2)11-18(10-14)25-19-4-3-17(21(22)23)12-16(19)13-20-5-7-24-8-6-20/h4-9,15-16,24H,11-13H2,1-3H3;3-4,7-10,15,23H,5-6,12-13H2,1-2H3;3-4,9-12H,5-8,14H2,1-2H3;3-4,9-12H,5-8,13H2,1-2H3. The first-order valence-electron chi connectivity index (χ1n) is 34.3. The number of nitro benzene ring substituents is 1. The molecule has 0 amide bonds. The van der Waals surface area contributed by atoms with Crippen LogP contribution >= 0.6 is 82.0 Å². The van der Waals surface area contributed by atoms with Gasteiger partial charge in [-0.1, -0.05) is 82.4 Å². The first-order chi connectivity index (χ1) is 48.8. The average Bonchev–Trinajstić information content (AvgIpc) is 0.840. The molecule has 0 spiro atoms. The first kappa shape index (κ1) is 79.8. The Balaban J connectivity index is 0.000000158. The molecule has 534 valence electrons. The predicted molar refractivity (Wildman–Crippen MR) is 424 cm³/mol. The van der Waals surface area contributed by atoms with Crippen molar-refractivity contribution in [2.75, 3.05) is 81.9 Å². The number of sulfone groups is 1. The van der Waals surface area contributed by atoms with E-state index in [-0.39, 0.29) is 22.1 Å². The fourth-order valence-corrected chi connectivity index (χ4v) is 20.3. The van der Waals surface area contributed by atoms with Crippen molar-refractivity contribution in [2.45, 2.75) is 146 Å². The lowest BCUT2D eigenvalue weighted by atomic mass is 10.1. The molecule has 3 atom stereocenters. The van der Waals surface area contributed by atoms with Gasteiger partial charge in [-0.3, -0.25) is 29.7 Å². The average molecular weight is 1520 g/mol. The third-order valence-corrected chi connectivity index (χ3v) is 24.7. The quantitative estimate of drug-likeness (QED) is 0.0647. The molecule has 12 rings (SSSR count). The molecule has 4 saturated heterocycles. The van der Waals surface area contributed by atoms with Crippen LogP contribution in [0.1, 0.15) is 93.1 Å². The highest BCUT2D eigenvalue weighted by atomic mass is 35.5. The summed E-state index contributed by atoms with van der Waals surface area (Å²) in [7, 11) is -2.89. The van der Waals surface area contributed by atoms with Gasteiger partial charge in [0.15, 0.2) is 9.84 Å². The summed E-state index contributed by atoms with van der Waals surface area (Å²) in [5.41, 5.74) is 14.0. The van der Waals surface area contributed by atoms with Gasteiger partial charge >= 0.3 is 0 Å². The molecule has 8 aromatic rings. The van der Waals surface area contributed by atoms with Crippen molar-refractivity contribution in [2.24, 2.45) is 0 Å². The number of piperazine rings is 2. The lowest BCUT2D eigenvalue weighted by molar-refractivity contribution is -0.385. The van der Waals surface area contributed by atoms with Gasteiger partial charge in [0.05, 0.1) is 51.3 Å². The number of hydrogen-bond donors (Lipinski definition) is 2. The molecule has 4 aliphatic heterocycles. The Labute approximate surface area is 635 Å². The molecule has 4 fully saturated rings. The zero-order chi connectivity index (χ0) is 73.0. The molecule has 0 aliphatic carbocycles. The lowest BCUT2D eigenvalue weighted by Crippen LogP contribution is -2.53. The fourth-order valence-electron chi connectivity index (χ4n) is 12.9. The van der Waals surface area contributed by atoms with Gasteiger partial charge in [-0.05, 0) is 239 Å². The molecular formula is C80H90Cl2N10O4S6. The molecule has 0 bridgehead atoms. The molecule has 4 aliphatic rings. The van der Waals surface area contributed by atoms with E-state index in [9.17, 15) is 34.3 Å². The van der Waals surface area contributed by atoms with E-state index in [1.165, 1.54) is 53.0 Å². The van der Waals surface area contributed by atoms with Gasteiger partial charge < -0.3 is 10.6 Å². The summed E-state index contributed by atoms with van der Waals surface area (Å²) in [6, 6.07) is 56.3. The zero-order valence-corrected chi connectivity index (χ0v) is 65.9. The van der Waals surface area contributed by atoms with Gasteiger partial charge in [-0.25, -0.2) is 8.42 Å². The molecule has 8 aromatic carbocycles. The third-order valence-electron chi connectivity index (χ3n) is 17.4. The molecule has 4 heterocycles. The van der Waals surface area contributed by atoms with E-state index < -0.39 is 9.84 Å². The van der Waals surface area contributed by atoms with Gasteiger partial charge in [0.2, 0.25) is 0 Å². The van der Waals surface area contributed by atoms with Crippen LogP contribution in [0.2, 0.25) is 10.0 Å². The number of non-ortho nitro benzene ring substituents is 1. The Hall–Kier alpha value is -6.33. The highest BCUT2D eigenvalue weighted by molar-refractivity contribution is 8.00. The van der Waals surface area contributed by atoms with Crippen LogP contribution in [0.4, 0.5) is 5.69 Å². The topological polar surface area (TPSA) is 186 Å². The maximum absolute atomic E-state index is 11.6. The molecule has 0 radical (unpaired) electrons. The second-order valence-electron chi connectivity index (χ2n) is 26.9. The van der Waals surface area contributed by atoms with Crippen molar-refractivity contribution in [3.8, 4) is 18.2 Å². The van der Waals surface area contributed by atoms with E-state index in [1.807, 2.05) is 84.6 Å². The number of aryl methyl sites for hydroxylation is 6. The minimum Gasteiger partial charge on any atom is -0.312 e. The zero-order valence-electron chi connectivity index (χ0n) is 59.5. The second-order valence-corrected chi connectivity index (χ2v) is 35.8. The summed E-state index contributed by atoms with van der Waals surface area (Å²) in [5.74, 6) is 2.69. The van der Waals surface area contributed by atoms with E-state index in [0.717, 1.165) is 129 Å². The van der Waals surface area contributed by atoms with Gasteiger partial charge in [0.1, 0.15) is 0 Å². The maximum Gasteiger partial charge on any atom is 0.269 e. The van der Waals surface area contributed by atoms with Crippen LogP contribution in [0.25, 0.3) is 0 Å². The lowest BCUT2D eigenvalue weighted by Gasteiger charge is -2.36. The molecule has 22 heteroatoms. The van der Waals surface area contributed by atoms with E-state index in [1.54, 1.807) is 59.2 Å². The van der Waals surface area contributed by atoms with Crippen LogP contribution in [-0.4, -0.2) is 133 Å². The summed E-state index contributed by atoms with van der Waals surface area (Å²) in [6.45, 7) is 30.6. The van der Waals surface area contributed by atoms with E-state index >= 15 is 0 Å². The molecular weight excluding hydrogens is 1430 g/mol. The van der Waals surface area contributed by atoms with Crippen molar-refractivity contribution in [1.29, 1.82) is 15.8 Å². The smallest absolute Gasteiger partial charge is 0.269 e. The number of nitro groups is 1.